The first-order valence-corrected chi connectivity index (χ1v) is 5.95. The lowest BCUT2D eigenvalue weighted by Gasteiger charge is -2.27. The molecule has 5 nitrogen and oxygen atoms in total. The highest BCUT2D eigenvalue weighted by atomic mass is 16.5. The fraction of sp³-hybridized carbons (Fsp3) is 0.833. The predicted octanol–water partition coefficient (Wildman–Crippen LogP) is 0.925. The van der Waals surface area contributed by atoms with Gasteiger partial charge in [0.15, 0.2) is 0 Å². The minimum Gasteiger partial charge on any atom is -0.466 e. The molecule has 0 saturated carbocycles. The van der Waals surface area contributed by atoms with Crippen molar-refractivity contribution in [2.75, 3.05) is 19.7 Å². The molecule has 0 aliphatic carbocycles. The minimum atomic E-state index is -0.741. The van der Waals surface area contributed by atoms with Crippen LogP contribution in [0.15, 0.2) is 0 Å². The van der Waals surface area contributed by atoms with Gasteiger partial charge in [0, 0.05) is 25.6 Å². The smallest absolute Gasteiger partial charge is 0.308 e. The molecule has 0 aromatic heterocycles. The van der Waals surface area contributed by atoms with Gasteiger partial charge in [-0.2, -0.15) is 5.26 Å². The van der Waals surface area contributed by atoms with E-state index in [0.29, 0.717) is 26.1 Å². The van der Waals surface area contributed by atoms with Crippen molar-refractivity contribution in [1.82, 2.24) is 4.90 Å². The molecule has 0 spiro atoms. The number of nitrogens with zero attached hydrogens (tertiary/aromatic N) is 2. The monoisotopic (exact) mass is 242 g/mol. The van der Waals surface area contributed by atoms with E-state index in [0.717, 1.165) is 0 Å². The molecule has 0 bridgehead atoms. The first kappa shape index (κ1) is 15.9. The van der Waals surface area contributed by atoms with Crippen LogP contribution >= 0.6 is 0 Å². The van der Waals surface area contributed by atoms with E-state index in [1.807, 2.05) is 18.7 Å². The first-order chi connectivity index (χ1) is 8.01. The van der Waals surface area contributed by atoms with Gasteiger partial charge >= 0.3 is 5.97 Å². The van der Waals surface area contributed by atoms with Crippen LogP contribution in [-0.4, -0.2) is 47.8 Å². The lowest BCUT2D eigenvalue weighted by Crippen LogP contribution is -2.39. The third-order valence-corrected chi connectivity index (χ3v) is 2.39. The number of carbonyl (C=O) groups is 1. The van der Waals surface area contributed by atoms with E-state index >= 15 is 0 Å². The summed E-state index contributed by atoms with van der Waals surface area (Å²) < 4.78 is 4.77. The topological polar surface area (TPSA) is 73.6 Å². The number of nitriles is 1. The Morgan fingerprint density at radius 3 is 2.65 bits per heavy atom. The summed E-state index contributed by atoms with van der Waals surface area (Å²) in [5.74, 6) is -0.385. The van der Waals surface area contributed by atoms with Crippen molar-refractivity contribution in [2.45, 2.75) is 45.8 Å². The minimum absolute atomic E-state index is 0.00358. The molecule has 0 amide bonds. The van der Waals surface area contributed by atoms with Gasteiger partial charge in [-0.15, -0.1) is 0 Å². The largest absolute Gasteiger partial charge is 0.466 e. The van der Waals surface area contributed by atoms with Gasteiger partial charge in [-0.25, -0.2) is 0 Å². The third-order valence-electron chi connectivity index (χ3n) is 2.39. The van der Waals surface area contributed by atoms with Crippen LogP contribution in [0, 0.1) is 11.3 Å². The maximum Gasteiger partial charge on any atom is 0.308 e. The number of carbonyl (C=O) groups excluding carboxylic acids is 1. The third kappa shape index (κ3) is 7.72. The molecule has 1 atom stereocenters. The number of esters is 1. The number of hydrogen-bond acceptors (Lipinski definition) is 5. The SMILES string of the molecule is CCOC(=O)CC(O)CN(CCC#N)C(C)C. The Labute approximate surface area is 103 Å². The average molecular weight is 242 g/mol. The molecule has 0 aromatic carbocycles. The maximum atomic E-state index is 11.2. The normalized spacial score (nSPS) is 12.5. The maximum absolute atomic E-state index is 11.2. The number of rotatable bonds is 8. The summed E-state index contributed by atoms with van der Waals surface area (Å²) in [6.07, 6.45) is -0.316. The van der Waals surface area contributed by atoms with Gasteiger partial charge in [-0.3, -0.25) is 9.69 Å². The van der Waals surface area contributed by atoms with E-state index in [9.17, 15) is 9.90 Å². The Balaban J connectivity index is 4.07. The van der Waals surface area contributed by atoms with Gasteiger partial charge in [0.2, 0.25) is 0 Å². The van der Waals surface area contributed by atoms with E-state index in [1.54, 1.807) is 6.92 Å². The first-order valence-electron chi connectivity index (χ1n) is 5.95. The van der Waals surface area contributed by atoms with Crippen LogP contribution < -0.4 is 0 Å². The summed E-state index contributed by atoms with van der Waals surface area (Å²) in [7, 11) is 0. The quantitative estimate of drug-likeness (QED) is 0.641. The second-order valence-corrected chi connectivity index (χ2v) is 4.16. The molecule has 98 valence electrons. The summed E-state index contributed by atoms with van der Waals surface area (Å²) in [5.41, 5.74) is 0. The molecule has 0 aliphatic rings. The fourth-order valence-electron chi connectivity index (χ4n) is 1.50. The Bertz CT molecular complexity index is 261. The molecule has 0 radical (unpaired) electrons. The number of aliphatic hydroxyl groups is 1. The van der Waals surface area contributed by atoms with E-state index in [-0.39, 0.29) is 18.4 Å². The van der Waals surface area contributed by atoms with Gasteiger partial charge in [-0.1, -0.05) is 0 Å². The Kier molecular flexibility index (Phi) is 8.38. The van der Waals surface area contributed by atoms with Crippen LogP contribution in [0.1, 0.15) is 33.6 Å². The zero-order chi connectivity index (χ0) is 13.3. The van der Waals surface area contributed by atoms with Crippen molar-refractivity contribution in [3.8, 4) is 6.07 Å². The average Bonchev–Trinajstić information content (AvgIpc) is 2.23. The molecule has 0 saturated heterocycles. The van der Waals surface area contributed by atoms with Crippen molar-refractivity contribution in [2.24, 2.45) is 0 Å². The van der Waals surface area contributed by atoms with Gasteiger partial charge in [0.1, 0.15) is 0 Å². The molecule has 0 fully saturated rings. The molecule has 17 heavy (non-hydrogen) atoms. The summed E-state index contributed by atoms with van der Waals surface area (Å²) in [5, 5.41) is 18.3. The summed E-state index contributed by atoms with van der Waals surface area (Å²) in [6, 6.07) is 2.31. The molecule has 0 rings (SSSR count). The van der Waals surface area contributed by atoms with Crippen LogP contribution in [0.3, 0.4) is 0 Å². The summed E-state index contributed by atoms with van der Waals surface area (Å²) in [4.78, 5) is 13.1. The summed E-state index contributed by atoms with van der Waals surface area (Å²) in [6.45, 7) is 7.04. The van der Waals surface area contributed by atoms with Crippen molar-refractivity contribution >= 4 is 5.97 Å². The molecule has 1 unspecified atom stereocenters. The van der Waals surface area contributed by atoms with Crippen LogP contribution in [0.2, 0.25) is 0 Å². The van der Waals surface area contributed by atoms with Gasteiger partial charge in [0.05, 0.1) is 25.2 Å². The van der Waals surface area contributed by atoms with Crippen molar-refractivity contribution in [3.05, 3.63) is 0 Å². The molecule has 0 aromatic rings. The van der Waals surface area contributed by atoms with Crippen molar-refractivity contribution in [1.29, 1.82) is 5.26 Å². The van der Waals surface area contributed by atoms with Crippen LogP contribution in [0.25, 0.3) is 0 Å². The highest BCUT2D eigenvalue weighted by Gasteiger charge is 2.17. The molecule has 0 aliphatic heterocycles. The highest BCUT2D eigenvalue weighted by molar-refractivity contribution is 5.69. The predicted molar refractivity (Wildman–Crippen MR) is 64.2 cm³/mol. The molecular weight excluding hydrogens is 220 g/mol. The lowest BCUT2D eigenvalue weighted by atomic mass is 10.2. The fourth-order valence-corrected chi connectivity index (χ4v) is 1.50. The number of ether oxygens (including phenoxy) is 1. The van der Waals surface area contributed by atoms with E-state index in [2.05, 4.69) is 6.07 Å². The van der Waals surface area contributed by atoms with Gasteiger partial charge < -0.3 is 9.84 Å². The van der Waals surface area contributed by atoms with E-state index in [1.165, 1.54) is 0 Å². The van der Waals surface area contributed by atoms with Crippen LogP contribution in [-0.2, 0) is 9.53 Å². The molecule has 0 heterocycles. The molecular formula is C12H22N2O3. The number of aliphatic hydroxyl groups excluding tert-OH is 1. The van der Waals surface area contributed by atoms with Crippen molar-refractivity contribution < 1.29 is 14.6 Å². The summed E-state index contributed by atoms with van der Waals surface area (Å²) >= 11 is 0. The Morgan fingerprint density at radius 1 is 1.53 bits per heavy atom. The molecule has 5 heteroatoms. The van der Waals surface area contributed by atoms with E-state index < -0.39 is 6.10 Å². The van der Waals surface area contributed by atoms with Crippen molar-refractivity contribution in [3.63, 3.8) is 0 Å². The Hall–Kier alpha value is -1.12. The lowest BCUT2D eigenvalue weighted by molar-refractivity contribution is -0.145. The van der Waals surface area contributed by atoms with Gasteiger partial charge in [0.25, 0.3) is 0 Å². The van der Waals surface area contributed by atoms with E-state index in [4.69, 9.17) is 10.00 Å². The van der Waals surface area contributed by atoms with Gasteiger partial charge in [-0.05, 0) is 20.8 Å². The second kappa shape index (κ2) is 8.97. The van der Waals surface area contributed by atoms with Crippen LogP contribution in [0.5, 0.6) is 0 Å². The zero-order valence-corrected chi connectivity index (χ0v) is 10.8. The highest BCUT2D eigenvalue weighted by Crippen LogP contribution is 2.04. The zero-order valence-electron chi connectivity index (χ0n) is 10.8. The Morgan fingerprint density at radius 2 is 2.18 bits per heavy atom. The number of hydrogen-bond donors (Lipinski definition) is 1. The second-order valence-electron chi connectivity index (χ2n) is 4.16. The van der Waals surface area contributed by atoms with Crippen LogP contribution in [0.4, 0.5) is 0 Å². The standard InChI is InChI=1S/C12H22N2O3/c1-4-17-12(16)8-11(15)9-14(10(2)3)7-5-6-13/h10-11,15H,4-5,7-9H2,1-3H3. The molecule has 1 N–H and O–H groups in total.